The molecule has 1 N–H and O–H groups in total. The van der Waals surface area contributed by atoms with Gasteiger partial charge in [0.05, 0.1) is 22.8 Å². The third-order valence-corrected chi connectivity index (χ3v) is 5.34. The summed E-state index contributed by atoms with van der Waals surface area (Å²) in [6.07, 6.45) is 1.86. The number of H-pyrrole nitrogens is 1. The average molecular weight is 426 g/mol. The van der Waals surface area contributed by atoms with Crippen molar-refractivity contribution in [2.45, 2.75) is 39.7 Å². The summed E-state index contributed by atoms with van der Waals surface area (Å²) in [5, 5.41) is 0. The van der Waals surface area contributed by atoms with Crippen LogP contribution in [0.15, 0.2) is 60.8 Å². The van der Waals surface area contributed by atoms with Gasteiger partial charge in [-0.25, -0.2) is 4.98 Å². The number of hydrogen-bond acceptors (Lipinski definition) is 4. The Labute approximate surface area is 190 Å². The Morgan fingerprint density at radius 3 is 2.28 bits per heavy atom. The van der Waals surface area contributed by atoms with Crippen LogP contribution in [-0.2, 0) is 12.0 Å². The molecule has 5 nitrogen and oxygen atoms in total. The molecule has 32 heavy (non-hydrogen) atoms. The molecule has 0 bridgehead atoms. The summed E-state index contributed by atoms with van der Waals surface area (Å²) >= 11 is 0. The topological polar surface area (TPSA) is 57.7 Å². The van der Waals surface area contributed by atoms with Gasteiger partial charge in [0.25, 0.3) is 0 Å². The quantitative estimate of drug-likeness (QED) is 0.434. The van der Waals surface area contributed by atoms with Crippen molar-refractivity contribution in [2.24, 2.45) is 0 Å². The smallest absolute Gasteiger partial charge is 0.112 e. The zero-order chi connectivity index (χ0) is 22.9. The Hall–Kier alpha value is -3.31. The number of benzene rings is 1. The number of imidazole rings is 1. The molecule has 1 aromatic carbocycles. The van der Waals surface area contributed by atoms with E-state index in [9.17, 15) is 0 Å². The van der Waals surface area contributed by atoms with E-state index >= 15 is 0 Å². The van der Waals surface area contributed by atoms with Gasteiger partial charge in [-0.05, 0) is 50.8 Å². The van der Waals surface area contributed by atoms with E-state index in [1.807, 2.05) is 37.4 Å². The van der Waals surface area contributed by atoms with Gasteiger partial charge in [-0.1, -0.05) is 51.1 Å². The first-order valence-corrected chi connectivity index (χ1v) is 11.0. The van der Waals surface area contributed by atoms with Crippen molar-refractivity contribution in [1.29, 1.82) is 0 Å². The fraction of sp³-hybridized carbons (Fsp3) is 0.296. The average Bonchev–Trinajstić information content (AvgIpc) is 3.20. The van der Waals surface area contributed by atoms with E-state index in [0.29, 0.717) is 0 Å². The van der Waals surface area contributed by atoms with Crippen LogP contribution in [0, 0.1) is 6.92 Å². The van der Waals surface area contributed by atoms with E-state index in [2.05, 4.69) is 80.1 Å². The van der Waals surface area contributed by atoms with E-state index < -0.39 is 0 Å². The fourth-order valence-corrected chi connectivity index (χ4v) is 3.69. The molecular weight excluding hydrogens is 394 g/mol. The number of nitrogens with one attached hydrogen (secondary N) is 1. The van der Waals surface area contributed by atoms with Gasteiger partial charge in [-0.3, -0.25) is 9.97 Å². The number of hydrogen-bond donors (Lipinski definition) is 1. The monoisotopic (exact) mass is 425 g/mol. The molecule has 0 saturated heterocycles. The van der Waals surface area contributed by atoms with Crippen molar-refractivity contribution in [3.8, 4) is 33.9 Å². The van der Waals surface area contributed by atoms with Gasteiger partial charge in [0.2, 0.25) is 0 Å². The summed E-state index contributed by atoms with van der Waals surface area (Å²) in [6, 6.07) is 18.8. The van der Waals surface area contributed by atoms with Crippen molar-refractivity contribution in [2.75, 3.05) is 14.1 Å². The molecule has 4 rings (SSSR count). The lowest BCUT2D eigenvalue weighted by Crippen LogP contribution is -2.13. The summed E-state index contributed by atoms with van der Waals surface area (Å²) in [5.74, 6) is 0.942. The Balaban J connectivity index is 1.78. The molecule has 0 radical (unpaired) electrons. The lowest BCUT2D eigenvalue weighted by Gasteiger charge is -2.14. The molecule has 0 aliphatic rings. The highest BCUT2D eigenvalue weighted by atomic mass is 15.0. The zero-order valence-electron chi connectivity index (χ0n) is 19.8. The number of aromatic amines is 1. The number of nitrogens with zero attached hydrogens (tertiary/aromatic N) is 4. The molecule has 3 heterocycles. The summed E-state index contributed by atoms with van der Waals surface area (Å²) in [6.45, 7) is 9.42. The van der Waals surface area contributed by atoms with Crippen LogP contribution in [0.25, 0.3) is 33.9 Å². The van der Waals surface area contributed by atoms with E-state index in [1.165, 1.54) is 5.56 Å². The first kappa shape index (κ1) is 21.9. The second-order valence-electron chi connectivity index (χ2n) is 9.59. The molecule has 0 aliphatic heterocycles. The lowest BCUT2D eigenvalue weighted by atomic mass is 9.96. The predicted octanol–water partition coefficient (Wildman–Crippen LogP) is 5.87. The van der Waals surface area contributed by atoms with Gasteiger partial charge >= 0.3 is 0 Å². The summed E-state index contributed by atoms with van der Waals surface area (Å²) in [5.41, 5.74) is 7.95. The first-order valence-electron chi connectivity index (χ1n) is 11.0. The Morgan fingerprint density at radius 2 is 1.62 bits per heavy atom. The highest BCUT2D eigenvalue weighted by Crippen LogP contribution is 2.34. The number of pyridine rings is 2. The largest absolute Gasteiger partial charge is 0.340 e. The number of aromatic nitrogens is 4. The van der Waals surface area contributed by atoms with E-state index in [1.54, 1.807) is 0 Å². The Bertz CT molecular complexity index is 1210. The molecule has 3 aromatic heterocycles. The van der Waals surface area contributed by atoms with Crippen LogP contribution in [0.5, 0.6) is 0 Å². The molecule has 4 aromatic rings. The van der Waals surface area contributed by atoms with Gasteiger partial charge in [-0.15, -0.1) is 0 Å². The minimum absolute atomic E-state index is 0.102. The maximum Gasteiger partial charge on any atom is 0.112 e. The van der Waals surface area contributed by atoms with Crippen LogP contribution in [-0.4, -0.2) is 38.9 Å². The van der Waals surface area contributed by atoms with E-state index in [4.69, 9.17) is 9.97 Å². The van der Waals surface area contributed by atoms with Crippen LogP contribution < -0.4 is 0 Å². The maximum absolute atomic E-state index is 5.01. The summed E-state index contributed by atoms with van der Waals surface area (Å²) in [7, 11) is 4.16. The number of aryl methyl sites for hydroxylation is 1. The van der Waals surface area contributed by atoms with Crippen LogP contribution in [0.2, 0.25) is 0 Å². The fourth-order valence-electron chi connectivity index (χ4n) is 3.69. The van der Waals surface area contributed by atoms with E-state index in [-0.39, 0.29) is 5.41 Å². The highest BCUT2D eigenvalue weighted by molar-refractivity contribution is 5.79. The van der Waals surface area contributed by atoms with Gasteiger partial charge in [-0.2, -0.15) is 0 Å². The molecule has 5 heteroatoms. The molecule has 0 amide bonds. The van der Waals surface area contributed by atoms with Crippen molar-refractivity contribution >= 4 is 0 Å². The first-order chi connectivity index (χ1) is 15.2. The van der Waals surface area contributed by atoms with Crippen molar-refractivity contribution < 1.29 is 0 Å². The minimum atomic E-state index is -0.102. The van der Waals surface area contributed by atoms with Gasteiger partial charge < -0.3 is 9.88 Å². The van der Waals surface area contributed by atoms with Crippen LogP contribution in [0.1, 0.15) is 37.9 Å². The van der Waals surface area contributed by atoms with E-state index in [0.717, 1.165) is 52.0 Å². The molecule has 0 atom stereocenters. The van der Waals surface area contributed by atoms with Crippen molar-refractivity contribution in [3.63, 3.8) is 0 Å². The molecule has 0 spiro atoms. The summed E-state index contributed by atoms with van der Waals surface area (Å²) in [4.78, 5) is 20.1. The molecular formula is C27H31N5. The molecule has 0 aliphatic carbocycles. The van der Waals surface area contributed by atoms with Crippen LogP contribution in [0.4, 0.5) is 0 Å². The van der Waals surface area contributed by atoms with Crippen LogP contribution >= 0.6 is 0 Å². The SMILES string of the molecule is Cc1cccc(-c2[nH]c(C(C)(C)C)nc2-c2ccnc(-c3ccc(CN(C)C)cc3)c2)n1. The van der Waals surface area contributed by atoms with Gasteiger partial charge in [0.1, 0.15) is 5.82 Å². The molecule has 0 saturated carbocycles. The maximum atomic E-state index is 5.01. The van der Waals surface area contributed by atoms with Crippen molar-refractivity contribution in [3.05, 3.63) is 77.9 Å². The van der Waals surface area contributed by atoms with Gasteiger partial charge in [0.15, 0.2) is 0 Å². The Kier molecular flexibility index (Phi) is 5.94. The molecule has 0 fully saturated rings. The second kappa shape index (κ2) is 8.67. The second-order valence-corrected chi connectivity index (χ2v) is 9.59. The standard InChI is InChI=1S/C27H31N5/c1-18-8-7-9-22(29-18)25-24(30-26(31-25)27(2,3)4)21-14-15-28-23(16-21)20-12-10-19(11-13-20)17-32(5)6/h7-16H,17H2,1-6H3,(H,30,31). The third kappa shape index (κ3) is 4.78. The Morgan fingerprint density at radius 1 is 0.875 bits per heavy atom. The molecule has 164 valence electrons. The van der Waals surface area contributed by atoms with Gasteiger partial charge in [0, 0.05) is 35.0 Å². The molecule has 0 unspecified atom stereocenters. The van der Waals surface area contributed by atoms with Crippen LogP contribution in [0.3, 0.4) is 0 Å². The predicted molar refractivity (Wildman–Crippen MR) is 131 cm³/mol. The summed E-state index contributed by atoms with van der Waals surface area (Å²) < 4.78 is 0. The minimum Gasteiger partial charge on any atom is -0.340 e. The zero-order valence-corrected chi connectivity index (χ0v) is 19.8. The third-order valence-electron chi connectivity index (χ3n) is 5.34. The normalized spacial score (nSPS) is 11.8. The lowest BCUT2D eigenvalue weighted by molar-refractivity contribution is 0.402. The van der Waals surface area contributed by atoms with Crippen molar-refractivity contribution in [1.82, 2.24) is 24.8 Å². The number of rotatable bonds is 5. The highest BCUT2D eigenvalue weighted by Gasteiger charge is 2.23.